The van der Waals surface area contributed by atoms with Gasteiger partial charge >= 0.3 is 11.9 Å². The summed E-state index contributed by atoms with van der Waals surface area (Å²) in [5.74, 6) is -0.672. The van der Waals surface area contributed by atoms with E-state index in [9.17, 15) is 14.7 Å². The number of esters is 2. The van der Waals surface area contributed by atoms with Gasteiger partial charge in [0.25, 0.3) is 0 Å². The number of hydrogen-bond acceptors (Lipinski definition) is 5. The molecule has 0 spiro atoms. The quantitative estimate of drug-likeness (QED) is 0.0373. The Kier molecular flexibility index (Phi) is 60.1. The van der Waals surface area contributed by atoms with Crippen LogP contribution in [-0.4, -0.2) is 36.4 Å². The lowest BCUT2D eigenvalue weighted by Gasteiger charge is -2.15. The van der Waals surface area contributed by atoms with Gasteiger partial charge in [-0.2, -0.15) is 0 Å². The van der Waals surface area contributed by atoms with Crippen LogP contribution in [-0.2, 0) is 19.1 Å². The fourth-order valence-corrected chi connectivity index (χ4v) is 7.74. The Morgan fingerprint density at radius 3 is 0.829 bits per heavy atom. The van der Waals surface area contributed by atoms with Crippen molar-refractivity contribution >= 4 is 11.9 Å². The van der Waals surface area contributed by atoms with Crippen molar-refractivity contribution in [1.82, 2.24) is 0 Å². The second-order valence-electron chi connectivity index (χ2n) is 19.3. The molecule has 1 atom stereocenters. The van der Waals surface area contributed by atoms with Gasteiger partial charge in [0.1, 0.15) is 6.61 Å². The van der Waals surface area contributed by atoms with E-state index >= 15 is 0 Å². The molecule has 1 unspecified atom stereocenters. The van der Waals surface area contributed by atoms with Crippen LogP contribution in [0, 0.1) is 0 Å². The van der Waals surface area contributed by atoms with E-state index in [0.717, 1.165) is 122 Å². The minimum absolute atomic E-state index is 0.101. The molecule has 424 valence electrons. The summed E-state index contributed by atoms with van der Waals surface area (Å²) in [7, 11) is 0. The fraction of sp³-hybridized carbons (Fsp3) is 0.549. The standard InChI is InChI=1S/C71H110O5/c1-3-5-7-9-11-13-15-17-19-21-23-25-27-29-31-33-34-35-36-38-39-41-43-45-47-49-51-53-55-57-59-61-63-65-70(73)75-68-69(67-72)76-71(74)66-64-62-60-58-56-54-52-50-48-46-44-42-40-37-32-30-28-26-24-22-20-18-16-14-12-10-8-6-4-2/h5-8,11-14,17-20,23-26,29-32,34-35,40,42,46,48,52,54,58,60,69,72H,3-4,9-10,15-16,21-22,27-28,33,36-39,41,43-45,47,49-51,53,55-57,59,61-68H2,1-2H3/b7-5-,8-6-,13-11-,14-12-,19-17-,20-18-,25-23-,26-24-,31-29-,32-30-,35-34-,42-40-,48-46-,54-52-,60-58-. The first kappa shape index (κ1) is 71.0. The van der Waals surface area contributed by atoms with Crippen molar-refractivity contribution in [3.8, 4) is 0 Å². The number of carbonyl (C=O) groups is 2. The molecule has 0 fully saturated rings. The lowest BCUT2D eigenvalue weighted by Crippen LogP contribution is -2.28. The molecule has 76 heavy (non-hydrogen) atoms. The average Bonchev–Trinajstić information content (AvgIpc) is 3.42. The summed E-state index contributed by atoms with van der Waals surface area (Å²) in [5.41, 5.74) is 0. The predicted molar refractivity (Wildman–Crippen MR) is 333 cm³/mol. The third-order valence-corrected chi connectivity index (χ3v) is 12.2. The third-order valence-electron chi connectivity index (χ3n) is 12.2. The van der Waals surface area contributed by atoms with Crippen LogP contribution in [0.25, 0.3) is 0 Å². The largest absolute Gasteiger partial charge is 0.462 e. The molecule has 1 N–H and O–H groups in total. The van der Waals surface area contributed by atoms with Gasteiger partial charge in [0.2, 0.25) is 0 Å². The van der Waals surface area contributed by atoms with Crippen molar-refractivity contribution in [2.45, 2.75) is 238 Å². The van der Waals surface area contributed by atoms with Crippen molar-refractivity contribution in [2.24, 2.45) is 0 Å². The number of carbonyl (C=O) groups excluding carboxylic acids is 2. The molecule has 0 aromatic carbocycles. The Hall–Kier alpha value is -5.00. The van der Waals surface area contributed by atoms with Crippen molar-refractivity contribution in [3.05, 3.63) is 182 Å². The smallest absolute Gasteiger partial charge is 0.306 e. The van der Waals surface area contributed by atoms with E-state index in [1.54, 1.807) is 0 Å². The van der Waals surface area contributed by atoms with Crippen LogP contribution in [0.1, 0.15) is 232 Å². The Bertz CT molecular complexity index is 1750. The molecule has 0 aromatic heterocycles. The van der Waals surface area contributed by atoms with Crippen LogP contribution in [0.4, 0.5) is 0 Å². The first-order valence-electron chi connectivity index (χ1n) is 30.3. The highest BCUT2D eigenvalue weighted by molar-refractivity contribution is 5.70. The average molecular weight is 1040 g/mol. The van der Waals surface area contributed by atoms with Crippen molar-refractivity contribution in [3.63, 3.8) is 0 Å². The fourth-order valence-electron chi connectivity index (χ4n) is 7.74. The summed E-state index contributed by atoms with van der Waals surface area (Å²) in [6.07, 6.45) is 102. The molecular formula is C71H110O5. The normalized spacial score (nSPS) is 13.6. The van der Waals surface area contributed by atoms with Crippen LogP contribution >= 0.6 is 0 Å². The summed E-state index contributed by atoms with van der Waals surface area (Å²) < 4.78 is 10.7. The van der Waals surface area contributed by atoms with Gasteiger partial charge in [0, 0.05) is 12.8 Å². The second kappa shape index (κ2) is 64.3. The van der Waals surface area contributed by atoms with Gasteiger partial charge in [-0.1, -0.05) is 273 Å². The summed E-state index contributed by atoms with van der Waals surface area (Å²) in [4.78, 5) is 24.6. The van der Waals surface area contributed by atoms with E-state index < -0.39 is 6.10 Å². The summed E-state index contributed by atoms with van der Waals surface area (Å²) in [6.45, 7) is 3.86. The second-order valence-corrected chi connectivity index (χ2v) is 19.3. The van der Waals surface area contributed by atoms with E-state index in [1.165, 1.54) is 77.0 Å². The van der Waals surface area contributed by atoms with Crippen molar-refractivity contribution in [1.29, 1.82) is 0 Å². The van der Waals surface area contributed by atoms with E-state index in [4.69, 9.17) is 9.47 Å². The van der Waals surface area contributed by atoms with Gasteiger partial charge < -0.3 is 14.6 Å². The van der Waals surface area contributed by atoms with Crippen molar-refractivity contribution in [2.75, 3.05) is 13.2 Å². The molecule has 0 aliphatic rings. The predicted octanol–water partition coefficient (Wildman–Crippen LogP) is 21.1. The summed E-state index contributed by atoms with van der Waals surface area (Å²) in [5, 5.41) is 9.66. The Labute approximate surface area is 467 Å². The number of allylic oxidation sites excluding steroid dienone is 30. The van der Waals surface area contributed by atoms with Crippen LogP contribution < -0.4 is 0 Å². The Morgan fingerprint density at radius 2 is 0.539 bits per heavy atom. The number of rotatable bonds is 53. The zero-order chi connectivity index (χ0) is 54.8. The first-order valence-corrected chi connectivity index (χ1v) is 30.3. The Morgan fingerprint density at radius 1 is 0.303 bits per heavy atom. The summed E-state index contributed by atoms with van der Waals surface area (Å²) >= 11 is 0. The highest BCUT2D eigenvalue weighted by Gasteiger charge is 2.16. The number of hydrogen-bond donors (Lipinski definition) is 1. The topological polar surface area (TPSA) is 72.8 Å². The maximum Gasteiger partial charge on any atom is 0.306 e. The lowest BCUT2D eigenvalue weighted by molar-refractivity contribution is -0.161. The molecule has 5 nitrogen and oxygen atoms in total. The van der Waals surface area contributed by atoms with Gasteiger partial charge in [0.15, 0.2) is 6.10 Å². The molecule has 0 rings (SSSR count). The van der Waals surface area contributed by atoms with E-state index in [1.807, 2.05) is 0 Å². The van der Waals surface area contributed by atoms with Crippen LogP contribution in [0.15, 0.2) is 182 Å². The molecular weight excluding hydrogens is 933 g/mol. The molecule has 0 aromatic rings. The summed E-state index contributed by atoms with van der Waals surface area (Å²) in [6, 6.07) is 0. The number of ether oxygens (including phenoxy) is 2. The van der Waals surface area contributed by atoms with E-state index in [-0.39, 0.29) is 31.6 Å². The van der Waals surface area contributed by atoms with E-state index in [2.05, 4.69) is 196 Å². The molecule has 5 heteroatoms. The molecule has 0 radical (unpaired) electrons. The lowest BCUT2D eigenvalue weighted by atomic mass is 10.0. The molecule has 0 saturated heterocycles. The highest BCUT2D eigenvalue weighted by Crippen LogP contribution is 2.15. The third kappa shape index (κ3) is 61.5. The van der Waals surface area contributed by atoms with Crippen molar-refractivity contribution < 1.29 is 24.2 Å². The van der Waals surface area contributed by atoms with Crippen LogP contribution in [0.3, 0.4) is 0 Å². The zero-order valence-electron chi connectivity index (χ0n) is 48.4. The maximum atomic E-state index is 12.3. The minimum Gasteiger partial charge on any atom is -0.462 e. The molecule has 0 aliphatic carbocycles. The maximum absolute atomic E-state index is 12.3. The number of unbranched alkanes of at least 4 members (excludes halogenated alkanes) is 15. The molecule has 0 heterocycles. The number of aliphatic hydroxyl groups is 1. The molecule has 0 saturated carbocycles. The van der Waals surface area contributed by atoms with Gasteiger partial charge in [-0.15, -0.1) is 0 Å². The highest BCUT2D eigenvalue weighted by atomic mass is 16.6. The number of aliphatic hydroxyl groups excluding tert-OH is 1. The molecule has 0 amide bonds. The van der Waals surface area contributed by atoms with Gasteiger partial charge in [0.05, 0.1) is 6.61 Å². The minimum atomic E-state index is -0.818. The van der Waals surface area contributed by atoms with Gasteiger partial charge in [-0.25, -0.2) is 0 Å². The van der Waals surface area contributed by atoms with Gasteiger partial charge in [-0.3, -0.25) is 9.59 Å². The Balaban J connectivity index is 3.64. The molecule has 0 aliphatic heterocycles. The van der Waals surface area contributed by atoms with E-state index in [0.29, 0.717) is 12.8 Å². The zero-order valence-corrected chi connectivity index (χ0v) is 48.4. The monoisotopic (exact) mass is 1040 g/mol. The van der Waals surface area contributed by atoms with Crippen LogP contribution in [0.5, 0.6) is 0 Å². The molecule has 0 bridgehead atoms. The van der Waals surface area contributed by atoms with Gasteiger partial charge in [-0.05, 0) is 128 Å². The SMILES string of the molecule is CC/C=C\C/C=C\C/C=C\C/C=C\C/C=C\C/C=C\C/C=C\C/C=C\C/C=C\CCCC(=O)OC(CO)COC(=O)CCCCCCCCCCCCCCCC/C=C\C/C=C\C/C=C\C/C=C\C/C=C\C/C=C\CC. The van der Waals surface area contributed by atoms with Crippen LogP contribution in [0.2, 0.25) is 0 Å². The first-order chi connectivity index (χ1) is 37.6.